The number of hydrogen-bond donors (Lipinski definition) is 2. The van der Waals surface area contributed by atoms with Crippen LogP contribution in [0.4, 0.5) is 0 Å². The Morgan fingerprint density at radius 1 is 1.23 bits per heavy atom. The number of carbonyl (C=O) groups is 2. The fourth-order valence-corrected chi connectivity index (χ4v) is 3.62. The summed E-state index contributed by atoms with van der Waals surface area (Å²) in [5.74, 6) is -0.637. The van der Waals surface area contributed by atoms with Gasteiger partial charge in [-0.15, -0.1) is 0 Å². The molecule has 1 aliphatic rings. The summed E-state index contributed by atoms with van der Waals surface area (Å²) in [6.45, 7) is 2.34. The van der Waals surface area contributed by atoms with E-state index in [1.165, 1.54) is 0 Å². The number of imidazole rings is 1. The third-order valence-corrected chi connectivity index (χ3v) is 5.14. The Morgan fingerprint density at radius 3 is 2.42 bits per heavy atom. The fourth-order valence-electron chi connectivity index (χ4n) is 3.62. The van der Waals surface area contributed by atoms with Crippen molar-refractivity contribution in [1.82, 2.24) is 14.5 Å². The van der Waals surface area contributed by atoms with Gasteiger partial charge in [0.15, 0.2) is 0 Å². The van der Waals surface area contributed by atoms with Gasteiger partial charge < -0.3 is 19.7 Å². The second-order valence-corrected chi connectivity index (χ2v) is 6.71. The average Bonchev–Trinajstić information content (AvgIpc) is 3.08. The molecule has 0 spiro atoms. The molecule has 1 aromatic heterocycles. The number of carboxylic acids is 1. The highest BCUT2D eigenvalue weighted by molar-refractivity contribution is 5.82. The first-order chi connectivity index (χ1) is 12.4. The fraction of sp³-hybridized carbons (Fsp3) is 0.421. The van der Waals surface area contributed by atoms with Gasteiger partial charge in [0.25, 0.3) is 5.91 Å². The molecule has 1 aliphatic heterocycles. The molecule has 138 valence electrons. The average molecular weight is 357 g/mol. The Labute approximate surface area is 151 Å². The summed E-state index contributed by atoms with van der Waals surface area (Å²) >= 11 is 0. The number of likely N-dealkylation sites (tertiary alicyclic amines) is 1. The molecule has 2 heterocycles. The number of rotatable bonds is 5. The smallest absolute Gasteiger partial charge is 0.330 e. The molecule has 0 saturated carbocycles. The first kappa shape index (κ1) is 18.1. The zero-order valence-corrected chi connectivity index (χ0v) is 14.7. The minimum atomic E-state index is -1.12. The standard InChI is InChI=1S/C19H23N3O4/c1-14-20-9-12-22(14)19(18(25)26)7-10-21(11-8-19)17(24)16(23)13-15-5-3-2-4-6-15/h2-6,9,12,16,23H,7-8,10-11,13H2,1H3,(H,25,26)/t16-/m0/s1. The number of aliphatic carboxylic acids is 1. The van der Waals surface area contributed by atoms with E-state index >= 15 is 0 Å². The molecule has 26 heavy (non-hydrogen) atoms. The first-order valence-electron chi connectivity index (χ1n) is 8.68. The Kier molecular flexibility index (Phi) is 5.08. The van der Waals surface area contributed by atoms with Crippen molar-refractivity contribution in [3.05, 3.63) is 54.1 Å². The number of carbonyl (C=O) groups excluding carboxylic acids is 1. The largest absolute Gasteiger partial charge is 0.479 e. The van der Waals surface area contributed by atoms with Crippen LogP contribution >= 0.6 is 0 Å². The minimum Gasteiger partial charge on any atom is -0.479 e. The summed E-state index contributed by atoms with van der Waals surface area (Å²) in [7, 11) is 0. The summed E-state index contributed by atoms with van der Waals surface area (Å²) in [5.41, 5.74) is -0.207. The lowest BCUT2D eigenvalue weighted by Crippen LogP contribution is -2.54. The molecule has 0 unspecified atom stereocenters. The van der Waals surface area contributed by atoms with Crippen LogP contribution < -0.4 is 0 Å². The molecule has 1 saturated heterocycles. The number of hydrogen-bond acceptors (Lipinski definition) is 4. The third-order valence-electron chi connectivity index (χ3n) is 5.14. The molecule has 7 nitrogen and oxygen atoms in total. The number of carboxylic acid groups (broad SMARTS) is 1. The van der Waals surface area contributed by atoms with Crippen molar-refractivity contribution in [3.8, 4) is 0 Å². The minimum absolute atomic E-state index is 0.251. The second-order valence-electron chi connectivity index (χ2n) is 6.71. The highest BCUT2D eigenvalue weighted by Gasteiger charge is 2.45. The van der Waals surface area contributed by atoms with E-state index in [2.05, 4.69) is 4.98 Å². The highest BCUT2D eigenvalue weighted by atomic mass is 16.4. The van der Waals surface area contributed by atoms with Crippen LogP contribution in [-0.2, 0) is 21.5 Å². The summed E-state index contributed by atoms with van der Waals surface area (Å²) in [6, 6.07) is 9.34. The van der Waals surface area contributed by atoms with Crippen molar-refractivity contribution in [2.24, 2.45) is 0 Å². The number of nitrogens with zero attached hydrogens (tertiary/aromatic N) is 3. The molecule has 0 aliphatic carbocycles. The molecule has 2 N–H and O–H groups in total. The number of amides is 1. The molecule has 0 radical (unpaired) electrons. The van der Waals surface area contributed by atoms with Gasteiger partial charge in [-0.1, -0.05) is 30.3 Å². The molecular formula is C19H23N3O4. The molecule has 7 heteroatoms. The monoisotopic (exact) mass is 357 g/mol. The van der Waals surface area contributed by atoms with Gasteiger partial charge in [-0.05, 0) is 25.3 Å². The Balaban J connectivity index is 1.68. The van der Waals surface area contributed by atoms with Crippen molar-refractivity contribution in [2.75, 3.05) is 13.1 Å². The summed E-state index contributed by atoms with van der Waals surface area (Å²) in [5, 5.41) is 20.1. The van der Waals surface area contributed by atoms with Gasteiger partial charge in [-0.2, -0.15) is 0 Å². The van der Waals surface area contributed by atoms with Crippen LogP contribution in [0.1, 0.15) is 24.2 Å². The van der Waals surface area contributed by atoms with Crippen LogP contribution in [0.25, 0.3) is 0 Å². The van der Waals surface area contributed by atoms with Crippen molar-refractivity contribution in [2.45, 2.75) is 37.8 Å². The third kappa shape index (κ3) is 3.35. The normalized spacial score (nSPS) is 17.7. The van der Waals surface area contributed by atoms with Gasteiger partial charge in [-0.25, -0.2) is 9.78 Å². The second kappa shape index (κ2) is 7.29. The maximum atomic E-state index is 12.5. The zero-order valence-electron chi connectivity index (χ0n) is 14.7. The van der Waals surface area contributed by atoms with E-state index in [1.807, 2.05) is 30.3 Å². The molecule has 1 aromatic carbocycles. The van der Waals surface area contributed by atoms with Gasteiger partial charge in [0.2, 0.25) is 0 Å². The van der Waals surface area contributed by atoms with Crippen LogP contribution in [0.3, 0.4) is 0 Å². The van der Waals surface area contributed by atoms with Gasteiger partial charge in [0, 0.05) is 31.9 Å². The van der Waals surface area contributed by atoms with Crippen LogP contribution in [0, 0.1) is 6.92 Å². The maximum absolute atomic E-state index is 12.5. The van der Waals surface area contributed by atoms with Crippen molar-refractivity contribution < 1.29 is 19.8 Å². The number of aromatic nitrogens is 2. The molecule has 2 aromatic rings. The van der Waals surface area contributed by atoms with Gasteiger partial charge >= 0.3 is 5.97 Å². The van der Waals surface area contributed by atoms with E-state index in [0.717, 1.165) is 5.56 Å². The summed E-state index contributed by atoms with van der Waals surface area (Å²) < 4.78 is 1.68. The van der Waals surface area contributed by atoms with Crippen LogP contribution in [0.5, 0.6) is 0 Å². The van der Waals surface area contributed by atoms with Gasteiger partial charge in [0.1, 0.15) is 17.5 Å². The van der Waals surface area contributed by atoms with E-state index < -0.39 is 17.6 Å². The van der Waals surface area contributed by atoms with E-state index in [4.69, 9.17) is 0 Å². The maximum Gasteiger partial charge on any atom is 0.330 e. The summed E-state index contributed by atoms with van der Waals surface area (Å²) in [4.78, 5) is 30.2. The van der Waals surface area contributed by atoms with Gasteiger partial charge in [-0.3, -0.25) is 4.79 Å². The number of piperidine rings is 1. The number of aliphatic hydroxyl groups is 1. The van der Waals surface area contributed by atoms with E-state index in [-0.39, 0.29) is 38.3 Å². The number of aryl methyl sites for hydroxylation is 1. The lowest BCUT2D eigenvalue weighted by Gasteiger charge is -2.40. The number of benzene rings is 1. The van der Waals surface area contributed by atoms with Crippen molar-refractivity contribution in [1.29, 1.82) is 0 Å². The van der Waals surface area contributed by atoms with Crippen LogP contribution in [0.15, 0.2) is 42.7 Å². The van der Waals surface area contributed by atoms with Crippen molar-refractivity contribution in [3.63, 3.8) is 0 Å². The van der Waals surface area contributed by atoms with E-state index in [9.17, 15) is 19.8 Å². The number of aliphatic hydroxyl groups excluding tert-OH is 1. The van der Waals surface area contributed by atoms with Crippen LogP contribution in [0.2, 0.25) is 0 Å². The van der Waals surface area contributed by atoms with E-state index in [0.29, 0.717) is 5.82 Å². The zero-order chi connectivity index (χ0) is 18.7. The first-order valence-corrected chi connectivity index (χ1v) is 8.68. The quantitative estimate of drug-likeness (QED) is 0.838. The molecule has 0 bridgehead atoms. The Hall–Kier alpha value is -2.67. The molecule has 1 amide bonds. The van der Waals surface area contributed by atoms with Gasteiger partial charge in [0.05, 0.1) is 0 Å². The highest BCUT2D eigenvalue weighted by Crippen LogP contribution is 2.32. The molecule has 1 fully saturated rings. The van der Waals surface area contributed by atoms with Crippen molar-refractivity contribution >= 4 is 11.9 Å². The summed E-state index contributed by atoms with van der Waals surface area (Å²) in [6.07, 6.45) is 2.95. The Morgan fingerprint density at radius 2 is 1.88 bits per heavy atom. The topological polar surface area (TPSA) is 95.7 Å². The SMILES string of the molecule is Cc1nccn1C1(C(=O)O)CCN(C(=O)[C@@H](O)Cc2ccccc2)CC1. The molecule has 1 atom stereocenters. The predicted molar refractivity (Wildman–Crippen MR) is 94.5 cm³/mol. The molecule has 3 rings (SSSR count). The molecular weight excluding hydrogens is 334 g/mol. The lowest BCUT2D eigenvalue weighted by atomic mass is 9.86. The van der Waals surface area contributed by atoms with E-state index in [1.54, 1.807) is 28.8 Å². The van der Waals surface area contributed by atoms with Crippen LogP contribution in [-0.4, -0.2) is 55.7 Å². The predicted octanol–water partition coefficient (Wildman–Crippen LogP) is 1.20. The lowest BCUT2D eigenvalue weighted by molar-refractivity contribution is -0.154. The Bertz CT molecular complexity index is 779.